The molecular formula is C21H16N4O4S2. The molecule has 1 atom stereocenters. The fourth-order valence-electron chi connectivity index (χ4n) is 3.26. The van der Waals surface area contributed by atoms with Crippen molar-refractivity contribution in [2.45, 2.75) is 11.8 Å². The summed E-state index contributed by atoms with van der Waals surface area (Å²) in [5, 5.41) is 14.0. The molecule has 0 bridgehead atoms. The average Bonchev–Trinajstić information content (AvgIpc) is 3.40. The lowest BCUT2D eigenvalue weighted by molar-refractivity contribution is 0.0946. The van der Waals surface area contributed by atoms with E-state index in [2.05, 4.69) is 16.4 Å². The SMILES string of the molecule is N#CC(NC(=O)c1cccn2c(CS(=O)(=O)O)c(-c3ccccc3)nc12)c1cccs1. The van der Waals surface area contributed by atoms with Crippen LogP contribution in [0, 0.1) is 11.3 Å². The zero-order chi connectivity index (χ0) is 22.0. The Hall–Kier alpha value is -3.52. The number of nitrogens with one attached hydrogen (secondary N) is 1. The molecule has 0 fully saturated rings. The van der Waals surface area contributed by atoms with Crippen molar-refractivity contribution in [1.29, 1.82) is 5.26 Å². The van der Waals surface area contributed by atoms with Crippen molar-refractivity contribution < 1.29 is 17.8 Å². The first-order valence-electron chi connectivity index (χ1n) is 9.12. The molecule has 0 radical (unpaired) electrons. The van der Waals surface area contributed by atoms with Crippen molar-refractivity contribution in [2.24, 2.45) is 0 Å². The third-order valence-corrected chi connectivity index (χ3v) is 6.17. The average molecular weight is 453 g/mol. The maximum atomic E-state index is 13.0. The third-order valence-electron chi connectivity index (χ3n) is 4.59. The van der Waals surface area contributed by atoms with Gasteiger partial charge in [0.1, 0.15) is 5.75 Å². The van der Waals surface area contributed by atoms with Crippen LogP contribution in [0.4, 0.5) is 0 Å². The highest BCUT2D eigenvalue weighted by atomic mass is 32.2. The molecule has 156 valence electrons. The molecule has 2 N–H and O–H groups in total. The summed E-state index contributed by atoms with van der Waals surface area (Å²) >= 11 is 1.35. The minimum atomic E-state index is -4.36. The van der Waals surface area contributed by atoms with Gasteiger partial charge in [-0.3, -0.25) is 9.35 Å². The van der Waals surface area contributed by atoms with Crippen molar-refractivity contribution in [1.82, 2.24) is 14.7 Å². The van der Waals surface area contributed by atoms with Crippen LogP contribution in [0.5, 0.6) is 0 Å². The van der Waals surface area contributed by atoms with Gasteiger partial charge in [0.05, 0.1) is 23.0 Å². The number of aromatic nitrogens is 2. The van der Waals surface area contributed by atoms with Gasteiger partial charge in [-0.15, -0.1) is 11.3 Å². The molecule has 1 aromatic carbocycles. The summed E-state index contributed by atoms with van der Waals surface area (Å²) in [5.41, 5.74) is 1.62. The molecule has 0 aliphatic heterocycles. The summed E-state index contributed by atoms with van der Waals surface area (Å²) in [7, 11) is -4.36. The number of imidazole rings is 1. The van der Waals surface area contributed by atoms with Crippen LogP contribution >= 0.6 is 11.3 Å². The maximum absolute atomic E-state index is 13.0. The topological polar surface area (TPSA) is 125 Å². The van der Waals surface area contributed by atoms with Gasteiger partial charge in [0.15, 0.2) is 11.7 Å². The van der Waals surface area contributed by atoms with Gasteiger partial charge in [0, 0.05) is 16.6 Å². The standard InChI is InChI=1S/C21H16N4O4S2/c22-12-16(18-9-5-11-30-18)23-21(26)15-8-4-10-25-17(13-31(27,28)29)19(24-20(15)25)14-6-2-1-3-7-14/h1-11,16H,13H2,(H,23,26)(H,27,28,29). The highest BCUT2D eigenvalue weighted by Gasteiger charge is 2.24. The van der Waals surface area contributed by atoms with Crippen molar-refractivity contribution >= 4 is 33.0 Å². The van der Waals surface area contributed by atoms with E-state index in [0.29, 0.717) is 16.1 Å². The number of nitriles is 1. The number of thiophene rings is 1. The van der Waals surface area contributed by atoms with Crippen LogP contribution in [0.15, 0.2) is 66.2 Å². The van der Waals surface area contributed by atoms with Crippen molar-refractivity contribution in [3.63, 3.8) is 0 Å². The Morgan fingerprint density at radius 1 is 1.19 bits per heavy atom. The number of carbonyl (C=O) groups excluding carboxylic acids is 1. The van der Waals surface area contributed by atoms with Gasteiger partial charge < -0.3 is 9.72 Å². The molecule has 3 heterocycles. The fraction of sp³-hybridized carbons (Fsp3) is 0.0952. The first-order chi connectivity index (χ1) is 14.9. The Morgan fingerprint density at radius 3 is 2.61 bits per heavy atom. The van der Waals surface area contributed by atoms with E-state index in [1.807, 2.05) is 11.4 Å². The summed E-state index contributed by atoms with van der Waals surface area (Å²) in [4.78, 5) is 18.2. The van der Waals surface area contributed by atoms with Crippen LogP contribution < -0.4 is 5.32 Å². The molecule has 3 aromatic heterocycles. The lowest BCUT2D eigenvalue weighted by Crippen LogP contribution is -2.27. The van der Waals surface area contributed by atoms with Crippen LogP contribution in [-0.2, 0) is 15.9 Å². The maximum Gasteiger partial charge on any atom is 0.270 e. The number of pyridine rings is 1. The van der Waals surface area contributed by atoms with E-state index in [1.54, 1.807) is 54.7 Å². The molecule has 0 saturated heterocycles. The Balaban J connectivity index is 1.83. The third kappa shape index (κ3) is 4.34. The summed E-state index contributed by atoms with van der Waals surface area (Å²) < 4.78 is 34.3. The fourth-order valence-corrected chi connectivity index (χ4v) is 4.60. The van der Waals surface area contributed by atoms with Gasteiger partial charge in [-0.2, -0.15) is 13.7 Å². The number of hydrogen-bond acceptors (Lipinski definition) is 6. The summed E-state index contributed by atoms with van der Waals surface area (Å²) in [5.74, 6) is -1.19. The lowest BCUT2D eigenvalue weighted by Gasteiger charge is -2.10. The van der Waals surface area contributed by atoms with Gasteiger partial charge in [-0.25, -0.2) is 4.98 Å². The van der Waals surface area contributed by atoms with Crippen LogP contribution in [0.2, 0.25) is 0 Å². The normalized spacial score (nSPS) is 12.4. The molecular weight excluding hydrogens is 436 g/mol. The van der Waals surface area contributed by atoms with Crippen molar-refractivity contribution in [2.75, 3.05) is 0 Å². The van der Waals surface area contributed by atoms with Gasteiger partial charge in [0.2, 0.25) is 0 Å². The molecule has 0 saturated carbocycles. The molecule has 1 amide bonds. The molecule has 4 rings (SSSR count). The molecule has 1 unspecified atom stereocenters. The zero-order valence-corrected chi connectivity index (χ0v) is 17.6. The van der Waals surface area contributed by atoms with Gasteiger partial charge >= 0.3 is 0 Å². The van der Waals surface area contributed by atoms with Crippen LogP contribution in [0.25, 0.3) is 16.9 Å². The number of nitrogens with zero attached hydrogens (tertiary/aromatic N) is 3. The van der Waals surface area contributed by atoms with Crippen LogP contribution in [0.1, 0.15) is 27.0 Å². The van der Waals surface area contributed by atoms with E-state index in [0.717, 1.165) is 0 Å². The number of fused-ring (bicyclic) bond motifs is 1. The highest BCUT2D eigenvalue weighted by molar-refractivity contribution is 7.85. The molecule has 0 aliphatic rings. The molecule has 0 spiro atoms. The van der Waals surface area contributed by atoms with E-state index >= 15 is 0 Å². The van der Waals surface area contributed by atoms with Gasteiger partial charge in [-0.05, 0) is 23.6 Å². The van der Waals surface area contributed by atoms with Crippen LogP contribution in [0.3, 0.4) is 0 Å². The van der Waals surface area contributed by atoms with Crippen molar-refractivity contribution in [3.8, 4) is 17.3 Å². The minimum absolute atomic E-state index is 0.179. The van der Waals surface area contributed by atoms with E-state index in [1.165, 1.54) is 15.7 Å². The summed E-state index contributed by atoms with van der Waals surface area (Å²) in [6.45, 7) is 0. The number of carbonyl (C=O) groups is 1. The first-order valence-corrected chi connectivity index (χ1v) is 11.6. The smallest absolute Gasteiger partial charge is 0.270 e. The predicted octanol–water partition coefficient (Wildman–Crippen LogP) is 3.45. The van der Waals surface area contributed by atoms with Crippen molar-refractivity contribution in [3.05, 3.63) is 82.3 Å². The lowest BCUT2D eigenvalue weighted by atomic mass is 10.1. The van der Waals surface area contributed by atoms with E-state index < -0.39 is 27.8 Å². The van der Waals surface area contributed by atoms with Gasteiger partial charge in [-0.1, -0.05) is 36.4 Å². The predicted molar refractivity (Wildman–Crippen MR) is 116 cm³/mol. The minimum Gasteiger partial charge on any atom is -0.332 e. The Kier molecular flexibility index (Phi) is 5.56. The number of hydrogen-bond donors (Lipinski definition) is 2. The quantitative estimate of drug-likeness (QED) is 0.432. The number of amides is 1. The first kappa shape index (κ1) is 20.7. The molecule has 31 heavy (non-hydrogen) atoms. The summed E-state index contributed by atoms with van der Waals surface area (Å²) in [6.07, 6.45) is 1.58. The number of benzene rings is 1. The number of rotatable bonds is 6. The Labute approximate surface area is 182 Å². The molecule has 0 aliphatic carbocycles. The van der Waals surface area contributed by atoms with E-state index in [-0.39, 0.29) is 16.9 Å². The Bertz CT molecular complexity index is 1390. The largest absolute Gasteiger partial charge is 0.332 e. The molecule has 4 aromatic rings. The second-order valence-electron chi connectivity index (χ2n) is 6.67. The molecule has 8 nitrogen and oxygen atoms in total. The zero-order valence-electron chi connectivity index (χ0n) is 16.0. The summed E-state index contributed by atoms with van der Waals surface area (Å²) in [6, 6.07) is 16.8. The van der Waals surface area contributed by atoms with Crippen LogP contribution in [-0.4, -0.2) is 28.3 Å². The van der Waals surface area contributed by atoms with Gasteiger partial charge in [0.25, 0.3) is 16.0 Å². The van der Waals surface area contributed by atoms with E-state index in [4.69, 9.17) is 0 Å². The molecule has 10 heteroatoms. The monoisotopic (exact) mass is 452 g/mol. The highest BCUT2D eigenvalue weighted by Crippen LogP contribution is 2.28. The second-order valence-corrected chi connectivity index (χ2v) is 9.10. The second kappa shape index (κ2) is 8.31. The van der Waals surface area contributed by atoms with E-state index in [9.17, 15) is 23.0 Å². The Morgan fingerprint density at radius 2 is 1.97 bits per heavy atom.